The van der Waals surface area contributed by atoms with Crippen molar-refractivity contribution >= 4 is 29.3 Å². The van der Waals surface area contributed by atoms with E-state index in [1.54, 1.807) is 24.3 Å². The lowest BCUT2D eigenvalue weighted by Gasteiger charge is -2.31. The SMILES string of the molecule is CCOc1ccc(NC(=O)[C@@H]2CC(=O)Nc3nc(N4CCC(C)CC4)[nH]c(=O)c32)cc1. The molecule has 0 spiro atoms. The fraction of sp³-hybridized carbons (Fsp3) is 0.455. The van der Waals surface area contributed by atoms with Crippen molar-refractivity contribution in [1.82, 2.24) is 9.97 Å². The summed E-state index contributed by atoms with van der Waals surface area (Å²) in [5, 5.41) is 5.45. The molecule has 1 aromatic heterocycles. The van der Waals surface area contributed by atoms with E-state index in [1.165, 1.54) is 0 Å². The third-order valence-corrected chi connectivity index (χ3v) is 5.77. The van der Waals surface area contributed by atoms with Gasteiger partial charge < -0.3 is 20.3 Å². The topological polar surface area (TPSA) is 116 Å². The van der Waals surface area contributed by atoms with Crippen LogP contribution in [-0.2, 0) is 9.59 Å². The van der Waals surface area contributed by atoms with Gasteiger partial charge in [-0.25, -0.2) is 0 Å². The predicted octanol–water partition coefficient (Wildman–Crippen LogP) is 2.47. The smallest absolute Gasteiger partial charge is 0.258 e. The molecule has 1 fully saturated rings. The van der Waals surface area contributed by atoms with Gasteiger partial charge in [-0.1, -0.05) is 6.92 Å². The Hall–Kier alpha value is -3.36. The van der Waals surface area contributed by atoms with Gasteiger partial charge in [-0.05, 0) is 49.9 Å². The molecule has 9 nitrogen and oxygen atoms in total. The highest BCUT2D eigenvalue weighted by atomic mass is 16.5. The molecule has 4 rings (SSSR count). The lowest BCUT2D eigenvalue weighted by Crippen LogP contribution is -2.39. The number of ether oxygens (including phenoxy) is 1. The first-order valence-electron chi connectivity index (χ1n) is 10.7. The third kappa shape index (κ3) is 4.55. The van der Waals surface area contributed by atoms with Crippen molar-refractivity contribution in [1.29, 1.82) is 0 Å². The van der Waals surface area contributed by atoms with E-state index in [0.717, 1.165) is 25.9 Å². The average Bonchev–Trinajstić information content (AvgIpc) is 2.75. The molecule has 164 valence electrons. The number of piperidine rings is 1. The van der Waals surface area contributed by atoms with Crippen molar-refractivity contribution in [3.8, 4) is 5.75 Å². The molecule has 9 heteroatoms. The minimum absolute atomic E-state index is 0.110. The zero-order valence-electron chi connectivity index (χ0n) is 17.7. The van der Waals surface area contributed by atoms with Crippen molar-refractivity contribution in [3.05, 3.63) is 40.2 Å². The zero-order chi connectivity index (χ0) is 22.0. The largest absolute Gasteiger partial charge is 0.494 e. The van der Waals surface area contributed by atoms with E-state index >= 15 is 0 Å². The first-order valence-corrected chi connectivity index (χ1v) is 10.7. The van der Waals surface area contributed by atoms with Crippen LogP contribution in [0, 0.1) is 5.92 Å². The van der Waals surface area contributed by atoms with Gasteiger partial charge in [0.15, 0.2) is 0 Å². The highest BCUT2D eigenvalue weighted by molar-refractivity contribution is 6.04. The number of amides is 2. The summed E-state index contributed by atoms with van der Waals surface area (Å²) in [7, 11) is 0. The number of nitrogens with one attached hydrogen (secondary N) is 3. The maximum Gasteiger partial charge on any atom is 0.258 e. The van der Waals surface area contributed by atoms with Crippen molar-refractivity contribution in [2.45, 2.75) is 39.0 Å². The van der Waals surface area contributed by atoms with E-state index in [-0.39, 0.29) is 23.7 Å². The lowest BCUT2D eigenvalue weighted by molar-refractivity contribution is -0.123. The van der Waals surface area contributed by atoms with Crippen molar-refractivity contribution in [2.75, 3.05) is 35.2 Å². The lowest BCUT2D eigenvalue weighted by atomic mass is 9.92. The molecule has 3 heterocycles. The summed E-state index contributed by atoms with van der Waals surface area (Å²) in [6.45, 7) is 6.23. The minimum Gasteiger partial charge on any atom is -0.494 e. The molecule has 2 aromatic rings. The number of aromatic nitrogens is 2. The number of hydrogen-bond acceptors (Lipinski definition) is 6. The van der Waals surface area contributed by atoms with Gasteiger partial charge in [0, 0.05) is 25.2 Å². The third-order valence-electron chi connectivity index (χ3n) is 5.77. The zero-order valence-corrected chi connectivity index (χ0v) is 17.7. The van der Waals surface area contributed by atoms with Crippen molar-refractivity contribution < 1.29 is 14.3 Å². The molecule has 1 atom stereocenters. The number of anilines is 3. The van der Waals surface area contributed by atoms with Crippen LogP contribution >= 0.6 is 0 Å². The van der Waals surface area contributed by atoms with Gasteiger partial charge in [0.2, 0.25) is 17.8 Å². The Labute approximate surface area is 180 Å². The molecular weight excluding hydrogens is 398 g/mol. The molecule has 1 saturated heterocycles. The van der Waals surface area contributed by atoms with Gasteiger partial charge in [-0.15, -0.1) is 0 Å². The molecule has 2 amide bonds. The number of carbonyl (C=O) groups excluding carboxylic acids is 2. The molecule has 3 N–H and O–H groups in total. The average molecular weight is 425 g/mol. The summed E-state index contributed by atoms with van der Waals surface area (Å²) in [5.41, 5.74) is 0.354. The Morgan fingerprint density at radius 3 is 2.61 bits per heavy atom. The Balaban J connectivity index is 1.57. The summed E-state index contributed by atoms with van der Waals surface area (Å²) in [5.74, 6) is 0.257. The Morgan fingerprint density at radius 2 is 1.94 bits per heavy atom. The van der Waals surface area contributed by atoms with E-state index in [1.807, 2.05) is 11.8 Å². The Bertz CT molecular complexity index is 1030. The molecule has 2 aliphatic rings. The number of carbonyl (C=O) groups is 2. The number of aromatic amines is 1. The van der Waals surface area contributed by atoms with Crippen LogP contribution < -0.4 is 25.8 Å². The van der Waals surface area contributed by atoms with Crippen LogP contribution in [0.15, 0.2) is 29.1 Å². The highest BCUT2D eigenvalue weighted by Gasteiger charge is 2.35. The van der Waals surface area contributed by atoms with E-state index in [9.17, 15) is 14.4 Å². The minimum atomic E-state index is -0.915. The first-order chi connectivity index (χ1) is 14.9. The van der Waals surface area contributed by atoms with Crippen LogP contribution in [0.4, 0.5) is 17.5 Å². The van der Waals surface area contributed by atoms with Crippen molar-refractivity contribution in [3.63, 3.8) is 0 Å². The molecule has 31 heavy (non-hydrogen) atoms. The van der Waals surface area contributed by atoms with Crippen LogP contribution in [-0.4, -0.2) is 41.5 Å². The van der Waals surface area contributed by atoms with E-state index < -0.39 is 17.4 Å². The number of benzene rings is 1. The van der Waals surface area contributed by atoms with Crippen molar-refractivity contribution in [2.24, 2.45) is 5.92 Å². The van der Waals surface area contributed by atoms with Crippen LogP contribution in [0.25, 0.3) is 0 Å². The molecule has 0 saturated carbocycles. The van der Waals surface area contributed by atoms with Crippen LogP contribution in [0.5, 0.6) is 5.75 Å². The monoisotopic (exact) mass is 425 g/mol. The maximum atomic E-state index is 12.9. The van der Waals surface area contributed by atoms with Gasteiger partial charge in [0.05, 0.1) is 18.1 Å². The quantitative estimate of drug-likeness (QED) is 0.678. The number of rotatable bonds is 5. The number of fused-ring (bicyclic) bond motifs is 1. The molecule has 0 radical (unpaired) electrons. The van der Waals surface area contributed by atoms with Crippen LogP contribution in [0.1, 0.15) is 44.6 Å². The number of H-pyrrole nitrogens is 1. The summed E-state index contributed by atoms with van der Waals surface area (Å²) in [6, 6.07) is 6.94. The first kappa shape index (κ1) is 20.9. The highest BCUT2D eigenvalue weighted by Crippen LogP contribution is 2.31. The molecule has 0 bridgehead atoms. The summed E-state index contributed by atoms with van der Waals surface area (Å²) in [6.07, 6.45) is 1.92. The van der Waals surface area contributed by atoms with E-state index in [2.05, 4.69) is 27.5 Å². The van der Waals surface area contributed by atoms with E-state index in [0.29, 0.717) is 29.9 Å². The van der Waals surface area contributed by atoms with Gasteiger partial charge in [0.25, 0.3) is 5.56 Å². The second-order valence-corrected chi connectivity index (χ2v) is 8.07. The normalized spacial score (nSPS) is 18.8. The molecule has 0 aliphatic carbocycles. The summed E-state index contributed by atoms with van der Waals surface area (Å²) >= 11 is 0. The van der Waals surface area contributed by atoms with Gasteiger partial charge in [0.1, 0.15) is 11.6 Å². The van der Waals surface area contributed by atoms with Crippen LogP contribution in [0.3, 0.4) is 0 Å². The summed E-state index contributed by atoms with van der Waals surface area (Å²) in [4.78, 5) is 47.5. The van der Waals surface area contributed by atoms with Gasteiger partial charge in [-0.3, -0.25) is 19.4 Å². The Kier molecular flexibility index (Phi) is 5.92. The fourth-order valence-electron chi connectivity index (χ4n) is 3.98. The van der Waals surface area contributed by atoms with Gasteiger partial charge >= 0.3 is 0 Å². The molecule has 1 aromatic carbocycles. The second kappa shape index (κ2) is 8.79. The molecule has 2 aliphatic heterocycles. The standard InChI is InChI=1S/C22H27N5O4/c1-3-31-15-6-4-14(5-7-15)23-20(29)16-12-17(28)24-19-18(16)21(30)26-22(25-19)27-10-8-13(2)9-11-27/h4-7,13,16H,3,8-12H2,1-2H3,(H,23,29)(H2,24,25,26,28,30)/t16-/m1/s1. The van der Waals surface area contributed by atoms with Crippen LogP contribution in [0.2, 0.25) is 0 Å². The molecular formula is C22H27N5O4. The Morgan fingerprint density at radius 1 is 1.23 bits per heavy atom. The number of nitrogens with zero attached hydrogens (tertiary/aromatic N) is 2. The van der Waals surface area contributed by atoms with Gasteiger partial charge in [-0.2, -0.15) is 4.98 Å². The maximum absolute atomic E-state index is 12.9. The summed E-state index contributed by atoms with van der Waals surface area (Å²) < 4.78 is 5.40. The fourth-order valence-corrected chi connectivity index (χ4v) is 3.98. The number of hydrogen-bond donors (Lipinski definition) is 3. The predicted molar refractivity (Wildman–Crippen MR) is 118 cm³/mol. The van der Waals surface area contributed by atoms with E-state index in [4.69, 9.17) is 4.74 Å². The second-order valence-electron chi connectivity index (χ2n) is 8.07. The molecule has 0 unspecified atom stereocenters.